The molecule has 3 nitrogen and oxygen atoms in total. The molecule has 1 N–H and O–H groups in total. The van der Waals surface area contributed by atoms with Gasteiger partial charge < -0.3 is 8.39 Å². The predicted molar refractivity (Wildman–Crippen MR) is 218 cm³/mol. The van der Waals surface area contributed by atoms with E-state index in [2.05, 4.69) is 199 Å². The fraction of sp³-hybridized carbons (Fsp3) is 0.0435. The van der Waals surface area contributed by atoms with E-state index in [1.165, 1.54) is 32.5 Å². The minimum absolute atomic E-state index is 0.0403. The lowest BCUT2D eigenvalue weighted by Gasteiger charge is -2.35. The van der Waals surface area contributed by atoms with E-state index in [0.29, 0.717) is 0 Å². The second-order valence-electron chi connectivity index (χ2n) is 12.7. The van der Waals surface area contributed by atoms with Gasteiger partial charge in [-0.15, -0.1) is 0 Å². The molecule has 1 aromatic heterocycles. The highest BCUT2D eigenvalue weighted by molar-refractivity contribution is 7.73. The zero-order valence-corrected chi connectivity index (χ0v) is 29.6. The molecule has 0 spiro atoms. The maximum Gasteiger partial charge on any atom is 0.307 e. The van der Waals surface area contributed by atoms with Crippen molar-refractivity contribution in [2.24, 2.45) is 0 Å². The first-order valence-electron chi connectivity index (χ1n) is 17.3. The Morgan fingerprint density at radius 1 is 0.412 bits per heavy atom. The van der Waals surface area contributed by atoms with Crippen molar-refractivity contribution in [3.63, 3.8) is 0 Å². The standard InChI is InChI=1S/C46H35NO2P2/c1-5-19-35(20-6-1)45(46(36-21-7-2-8-22-36)50(37-23-9-3-10-24-37)38-25-11-4-12-26-38)47-51-48-41-31-29-33-17-13-15-27-39(33)43(41)44-40-28-16-14-18-34(40)30-32-42(44)49-51/h1-32,45-47H/t45-,46-/m0/s1. The number of fused-ring (bicyclic) bond motifs is 7. The minimum Gasteiger partial charge on any atom is -0.408 e. The van der Waals surface area contributed by atoms with Crippen LogP contribution < -0.4 is 15.7 Å². The molecule has 0 saturated heterocycles. The van der Waals surface area contributed by atoms with Crippen LogP contribution in [-0.2, 0) is 0 Å². The fourth-order valence-electron chi connectivity index (χ4n) is 7.31. The number of hydrogen-bond donors (Lipinski definition) is 1. The van der Waals surface area contributed by atoms with Crippen LogP contribution in [0.3, 0.4) is 0 Å². The van der Waals surface area contributed by atoms with Crippen LogP contribution in [0.5, 0.6) is 0 Å². The Bertz CT molecular complexity index is 2490. The van der Waals surface area contributed by atoms with Gasteiger partial charge >= 0.3 is 8.16 Å². The summed E-state index contributed by atoms with van der Waals surface area (Å²) in [4.78, 5) is 0. The fourth-order valence-corrected chi connectivity index (χ4v) is 11.7. The third-order valence-electron chi connectivity index (χ3n) is 9.60. The van der Waals surface area contributed by atoms with E-state index in [4.69, 9.17) is 8.39 Å². The second-order valence-corrected chi connectivity index (χ2v) is 16.1. The molecule has 1 heterocycles. The first-order chi connectivity index (χ1) is 25.3. The first-order valence-corrected chi connectivity index (χ1v) is 19.9. The summed E-state index contributed by atoms with van der Waals surface area (Å²) in [5, 5.41) is 13.4. The van der Waals surface area contributed by atoms with Gasteiger partial charge in [0.05, 0.1) is 6.04 Å². The molecule has 0 fully saturated rings. The van der Waals surface area contributed by atoms with E-state index in [1.807, 2.05) is 0 Å². The van der Waals surface area contributed by atoms with Crippen LogP contribution in [0.4, 0.5) is 0 Å². The highest BCUT2D eigenvalue weighted by Crippen LogP contribution is 2.57. The third-order valence-corrected chi connectivity index (χ3v) is 13.7. The van der Waals surface area contributed by atoms with Gasteiger partial charge in [-0.05, 0) is 63.3 Å². The Morgan fingerprint density at radius 2 is 0.824 bits per heavy atom. The molecule has 0 aliphatic carbocycles. The lowest BCUT2D eigenvalue weighted by atomic mass is 9.99. The summed E-state index contributed by atoms with van der Waals surface area (Å²) in [5.74, 6) is 0. The highest BCUT2D eigenvalue weighted by atomic mass is 31.1. The van der Waals surface area contributed by atoms with E-state index < -0.39 is 16.1 Å². The summed E-state index contributed by atoms with van der Waals surface area (Å²) in [5.41, 5.74) is 4.12. The summed E-state index contributed by atoms with van der Waals surface area (Å²) in [6, 6.07) is 69.2. The zero-order valence-electron chi connectivity index (χ0n) is 27.8. The highest BCUT2D eigenvalue weighted by Gasteiger charge is 2.35. The van der Waals surface area contributed by atoms with E-state index in [1.54, 1.807) is 0 Å². The summed E-state index contributed by atoms with van der Waals surface area (Å²) in [7, 11) is -2.57. The van der Waals surface area contributed by atoms with Crippen LogP contribution in [0.25, 0.3) is 43.5 Å². The van der Waals surface area contributed by atoms with E-state index in [-0.39, 0.29) is 11.7 Å². The van der Waals surface area contributed by atoms with Crippen LogP contribution in [0, 0.1) is 0 Å². The van der Waals surface area contributed by atoms with Crippen molar-refractivity contribution in [2.75, 3.05) is 5.09 Å². The second kappa shape index (κ2) is 14.1. The van der Waals surface area contributed by atoms with Crippen molar-refractivity contribution in [2.45, 2.75) is 11.7 Å². The van der Waals surface area contributed by atoms with Crippen molar-refractivity contribution in [3.05, 3.63) is 205 Å². The molecule has 0 radical (unpaired) electrons. The maximum absolute atomic E-state index is 7.06. The zero-order chi connectivity index (χ0) is 34.0. The predicted octanol–water partition coefficient (Wildman–Crippen LogP) is 12.8. The van der Waals surface area contributed by atoms with Crippen molar-refractivity contribution in [1.82, 2.24) is 0 Å². The van der Waals surface area contributed by atoms with Crippen LogP contribution in [-0.4, -0.2) is 0 Å². The molecule has 0 unspecified atom stereocenters. The van der Waals surface area contributed by atoms with Crippen LogP contribution in [0.2, 0.25) is 0 Å². The van der Waals surface area contributed by atoms with Gasteiger partial charge in [0.2, 0.25) is 0 Å². The lowest BCUT2D eigenvalue weighted by molar-refractivity contribution is 0.630. The van der Waals surface area contributed by atoms with Gasteiger partial charge in [0.25, 0.3) is 0 Å². The van der Waals surface area contributed by atoms with Gasteiger partial charge in [-0.1, -0.05) is 182 Å². The quantitative estimate of drug-likeness (QED) is 0.161. The molecule has 9 rings (SSSR count). The van der Waals surface area contributed by atoms with E-state index in [9.17, 15) is 0 Å². The molecule has 0 aliphatic heterocycles. The van der Waals surface area contributed by atoms with Crippen LogP contribution in [0.15, 0.2) is 203 Å². The van der Waals surface area contributed by atoms with E-state index >= 15 is 0 Å². The van der Waals surface area contributed by atoms with Gasteiger partial charge in [0, 0.05) is 16.4 Å². The Hall–Kier alpha value is -5.43. The van der Waals surface area contributed by atoms with Crippen LogP contribution in [0.1, 0.15) is 22.8 Å². The smallest absolute Gasteiger partial charge is 0.307 e. The molecule has 0 aliphatic rings. The molecule has 246 valence electrons. The van der Waals surface area contributed by atoms with Gasteiger partial charge in [-0.25, -0.2) is 5.09 Å². The van der Waals surface area contributed by atoms with Gasteiger partial charge in [0.15, 0.2) is 0 Å². The third kappa shape index (κ3) is 6.15. The largest absolute Gasteiger partial charge is 0.408 e. The molecule has 0 saturated carbocycles. The first kappa shape index (κ1) is 31.5. The molecule has 5 heteroatoms. The van der Waals surface area contributed by atoms with Crippen molar-refractivity contribution in [3.8, 4) is 0 Å². The normalized spacial score (nSPS) is 12.8. The number of nitrogens with one attached hydrogen (secondary N) is 1. The molecule has 2 atom stereocenters. The average molecular weight is 696 g/mol. The summed E-state index contributed by atoms with van der Waals surface area (Å²) in [6.07, 6.45) is 0. The van der Waals surface area contributed by atoms with Crippen LogP contribution >= 0.6 is 16.1 Å². The minimum atomic E-state index is -1.67. The Balaban J connectivity index is 1.32. The van der Waals surface area contributed by atoms with Gasteiger partial charge in [0.1, 0.15) is 11.2 Å². The number of rotatable bonds is 8. The number of benzene rings is 8. The monoisotopic (exact) mass is 695 g/mol. The molecule has 9 aromatic rings. The van der Waals surface area contributed by atoms with Crippen molar-refractivity contribution >= 4 is 70.2 Å². The molecule has 0 amide bonds. The average Bonchev–Trinajstić information content (AvgIpc) is 3.37. The molecule has 8 aromatic carbocycles. The Morgan fingerprint density at radius 3 is 1.31 bits per heavy atom. The maximum atomic E-state index is 7.06. The van der Waals surface area contributed by atoms with Crippen molar-refractivity contribution < 1.29 is 8.39 Å². The molecule has 51 heavy (non-hydrogen) atoms. The topological polar surface area (TPSA) is 38.3 Å². The lowest BCUT2D eigenvalue weighted by Crippen LogP contribution is -2.25. The molecule has 0 bridgehead atoms. The number of hydrogen-bond acceptors (Lipinski definition) is 3. The van der Waals surface area contributed by atoms with E-state index in [0.717, 1.165) is 32.7 Å². The summed E-state index contributed by atoms with van der Waals surface area (Å²) >= 11 is 0. The molecular formula is C46H35NO2P2. The Kier molecular flexibility index (Phi) is 8.70. The summed E-state index contributed by atoms with van der Waals surface area (Å²) in [6.45, 7) is 0. The Labute approximate surface area is 299 Å². The molecular weight excluding hydrogens is 660 g/mol. The summed E-state index contributed by atoms with van der Waals surface area (Å²) < 4.78 is 14.1. The van der Waals surface area contributed by atoms with Gasteiger partial charge in [-0.2, -0.15) is 0 Å². The van der Waals surface area contributed by atoms with Gasteiger partial charge in [-0.3, -0.25) is 0 Å². The van der Waals surface area contributed by atoms with Crippen molar-refractivity contribution in [1.29, 1.82) is 0 Å². The SMILES string of the molecule is c1ccc([C@H](Np2oc3ccc4ccccc4c3c3c(ccc4ccccc43)o2)[C@H](c2ccccc2)P(c2ccccc2)c2ccccc2)cc1.